The molecule has 0 aromatic heterocycles. The van der Waals surface area contributed by atoms with E-state index >= 15 is 0 Å². The highest BCUT2D eigenvalue weighted by Crippen LogP contribution is 2.34. The number of aliphatic hydroxyl groups excluding tert-OH is 1. The molecule has 0 unspecified atom stereocenters. The van der Waals surface area contributed by atoms with Crippen molar-refractivity contribution in [3.8, 4) is 11.8 Å². The van der Waals surface area contributed by atoms with Gasteiger partial charge in [0.2, 0.25) is 5.91 Å². The molecule has 24 heavy (non-hydrogen) atoms. The quantitative estimate of drug-likeness (QED) is 0.503. The van der Waals surface area contributed by atoms with Crippen LogP contribution in [0, 0.1) is 23.0 Å². The number of nitrogens with one attached hydrogen (secondary N) is 1. The van der Waals surface area contributed by atoms with Crippen molar-refractivity contribution >= 4 is 13.0 Å². The van der Waals surface area contributed by atoms with Crippen molar-refractivity contribution in [2.45, 2.75) is 31.8 Å². The number of halogens is 2. The molecule has 7 nitrogen and oxygen atoms in total. The molecular weight excluding hydrogens is 325 g/mol. The van der Waals surface area contributed by atoms with Crippen LogP contribution in [0.15, 0.2) is 6.07 Å². The van der Waals surface area contributed by atoms with E-state index < -0.39 is 44.0 Å². The highest BCUT2D eigenvalue weighted by Gasteiger charge is 2.38. The monoisotopic (exact) mass is 340 g/mol. The number of nitrogens with zero attached hydrogens (tertiary/aromatic N) is 1. The topological polar surface area (TPSA) is 112 Å². The Labute approximate surface area is 136 Å². The third-order valence-corrected chi connectivity index (χ3v) is 3.51. The summed E-state index contributed by atoms with van der Waals surface area (Å²) in [6.07, 6.45) is -0.00730. The minimum Gasteiger partial charge on any atom is -0.534 e. The number of carbonyl (C=O) groups is 1. The van der Waals surface area contributed by atoms with Crippen LogP contribution in [0.3, 0.4) is 0 Å². The van der Waals surface area contributed by atoms with Crippen molar-refractivity contribution in [3.63, 3.8) is 0 Å². The first kappa shape index (κ1) is 18.1. The molecular formula is C14H15BF2N2O5. The van der Waals surface area contributed by atoms with E-state index in [-0.39, 0.29) is 36.1 Å². The van der Waals surface area contributed by atoms with Crippen molar-refractivity contribution < 1.29 is 33.1 Å². The molecule has 1 aliphatic rings. The van der Waals surface area contributed by atoms with Gasteiger partial charge in [0, 0.05) is 12.8 Å². The van der Waals surface area contributed by atoms with E-state index in [1.165, 1.54) is 0 Å². The summed E-state index contributed by atoms with van der Waals surface area (Å²) in [7, 11) is -1.47. The van der Waals surface area contributed by atoms with Crippen LogP contribution in [-0.2, 0) is 22.6 Å². The van der Waals surface area contributed by atoms with Gasteiger partial charge >= 0.3 is 7.12 Å². The number of ether oxygens (including phenoxy) is 1. The number of hydrogen-bond donors (Lipinski definition) is 3. The fourth-order valence-electron chi connectivity index (χ4n) is 2.41. The predicted molar refractivity (Wildman–Crippen MR) is 77.3 cm³/mol. The number of rotatable bonds is 6. The van der Waals surface area contributed by atoms with Crippen molar-refractivity contribution in [2.24, 2.45) is 0 Å². The Bertz CT molecular complexity index is 668. The van der Waals surface area contributed by atoms with Crippen LogP contribution < -0.4 is 9.97 Å². The van der Waals surface area contributed by atoms with Gasteiger partial charge in [-0.2, -0.15) is 5.26 Å². The standard InChI is InChI=1S/C14H15BF2N2O5/c16-10-4-8-5-11(19-12(21)2-1-3-18)15(22)24-14(8)9(13(10)17)6-23-7-20/h4,11,20,22H,1-2,5-7H2,(H,19,21)/t11-/m0/s1. The lowest BCUT2D eigenvalue weighted by Gasteiger charge is -2.29. The number of aliphatic hydroxyl groups is 1. The van der Waals surface area contributed by atoms with Crippen molar-refractivity contribution in [1.82, 2.24) is 5.32 Å². The number of amides is 1. The SMILES string of the molecule is N#CCCC(=O)N[C@H]1Cc2cc(F)c(F)c(COCO)c2OB1O. The average Bonchev–Trinajstić information content (AvgIpc) is 2.55. The second-order valence-corrected chi connectivity index (χ2v) is 5.16. The third kappa shape index (κ3) is 4.00. The molecule has 0 radical (unpaired) electrons. The fraction of sp³-hybridized carbons (Fsp3) is 0.429. The zero-order chi connectivity index (χ0) is 17.7. The van der Waals surface area contributed by atoms with Crippen molar-refractivity contribution in [1.29, 1.82) is 5.26 Å². The Morgan fingerprint density at radius 1 is 1.58 bits per heavy atom. The summed E-state index contributed by atoms with van der Waals surface area (Å²) in [4.78, 5) is 11.6. The number of benzene rings is 1. The summed E-state index contributed by atoms with van der Waals surface area (Å²) in [5.74, 6) is -3.71. The van der Waals surface area contributed by atoms with E-state index in [1.807, 2.05) is 6.07 Å². The van der Waals surface area contributed by atoms with E-state index in [2.05, 4.69) is 10.1 Å². The van der Waals surface area contributed by atoms with Crippen LogP contribution in [0.1, 0.15) is 24.0 Å². The zero-order valence-electron chi connectivity index (χ0n) is 12.6. The molecule has 1 heterocycles. The maximum Gasteiger partial charge on any atom is 0.547 e. The van der Waals surface area contributed by atoms with Gasteiger partial charge in [0.1, 0.15) is 12.5 Å². The third-order valence-electron chi connectivity index (χ3n) is 3.51. The number of fused-ring (bicyclic) bond motifs is 1. The Morgan fingerprint density at radius 3 is 3.00 bits per heavy atom. The Morgan fingerprint density at radius 2 is 2.33 bits per heavy atom. The summed E-state index contributed by atoms with van der Waals surface area (Å²) in [5.41, 5.74) is -0.00585. The molecule has 1 aromatic carbocycles. The molecule has 0 fully saturated rings. The van der Waals surface area contributed by atoms with Gasteiger partial charge < -0.3 is 24.8 Å². The molecule has 0 saturated heterocycles. The molecule has 3 N–H and O–H groups in total. The summed E-state index contributed by atoms with van der Waals surface area (Å²) in [6, 6.07) is 2.75. The lowest BCUT2D eigenvalue weighted by atomic mass is 9.72. The summed E-state index contributed by atoms with van der Waals surface area (Å²) in [5, 5.41) is 29.6. The molecule has 1 amide bonds. The van der Waals surface area contributed by atoms with E-state index in [1.54, 1.807) is 0 Å². The van der Waals surface area contributed by atoms with Gasteiger partial charge in [0.25, 0.3) is 0 Å². The van der Waals surface area contributed by atoms with Crippen LogP contribution in [0.4, 0.5) is 8.78 Å². The first-order chi connectivity index (χ1) is 11.5. The summed E-state index contributed by atoms with van der Waals surface area (Å²) in [6.45, 7) is -1.13. The van der Waals surface area contributed by atoms with E-state index in [4.69, 9.17) is 15.0 Å². The predicted octanol–water partition coefficient (Wildman–Crippen LogP) is 0.174. The minimum atomic E-state index is -1.47. The first-order valence-corrected chi connectivity index (χ1v) is 7.17. The van der Waals surface area contributed by atoms with Gasteiger partial charge in [-0.1, -0.05) is 0 Å². The van der Waals surface area contributed by atoms with E-state index in [0.717, 1.165) is 6.07 Å². The summed E-state index contributed by atoms with van der Waals surface area (Å²) >= 11 is 0. The van der Waals surface area contributed by atoms with E-state index in [9.17, 15) is 18.6 Å². The van der Waals surface area contributed by atoms with E-state index in [0.29, 0.717) is 0 Å². The number of nitriles is 1. The molecule has 0 bridgehead atoms. The Hall–Kier alpha value is -2.22. The molecule has 0 aliphatic carbocycles. The fourth-order valence-corrected chi connectivity index (χ4v) is 2.41. The largest absolute Gasteiger partial charge is 0.547 e. The molecule has 2 rings (SSSR count). The van der Waals surface area contributed by atoms with Gasteiger partial charge in [-0.3, -0.25) is 4.79 Å². The molecule has 1 aromatic rings. The Balaban J connectivity index is 2.22. The lowest BCUT2D eigenvalue weighted by molar-refractivity contribution is -0.121. The van der Waals surface area contributed by atoms with Gasteiger partial charge in [-0.25, -0.2) is 8.78 Å². The van der Waals surface area contributed by atoms with Crippen LogP contribution >= 0.6 is 0 Å². The second kappa shape index (κ2) is 8.05. The van der Waals surface area contributed by atoms with Crippen molar-refractivity contribution in [2.75, 3.05) is 6.79 Å². The van der Waals surface area contributed by atoms with Crippen LogP contribution in [0.25, 0.3) is 0 Å². The normalized spacial score (nSPS) is 16.1. The number of hydrogen-bond acceptors (Lipinski definition) is 6. The molecule has 128 valence electrons. The molecule has 1 aliphatic heterocycles. The lowest BCUT2D eigenvalue weighted by Crippen LogP contribution is -2.53. The second-order valence-electron chi connectivity index (χ2n) is 5.16. The average molecular weight is 340 g/mol. The first-order valence-electron chi connectivity index (χ1n) is 7.17. The van der Waals surface area contributed by atoms with Gasteiger partial charge in [-0.05, 0) is 18.1 Å². The van der Waals surface area contributed by atoms with Crippen LogP contribution in [0.5, 0.6) is 5.75 Å². The van der Waals surface area contributed by atoms with Gasteiger partial charge in [0.15, 0.2) is 11.6 Å². The van der Waals surface area contributed by atoms with Crippen LogP contribution in [-0.4, -0.2) is 35.9 Å². The van der Waals surface area contributed by atoms with Crippen LogP contribution in [0.2, 0.25) is 0 Å². The summed E-state index contributed by atoms with van der Waals surface area (Å²) < 4.78 is 37.5. The smallest absolute Gasteiger partial charge is 0.534 e. The van der Waals surface area contributed by atoms with Gasteiger partial charge in [-0.15, -0.1) is 0 Å². The minimum absolute atomic E-state index is 0.0120. The molecule has 10 heteroatoms. The maximum atomic E-state index is 13.9. The molecule has 1 atom stereocenters. The zero-order valence-corrected chi connectivity index (χ0v) is 12.6. The maximum absolute atomic E-state index is 13.9. The molecule has 0 saturated carbocycles. The van der Waals surface area contributed by atoms with Crippen molar-refractivity contribution in [3.05, 3.63) is 28.8 Å². The number of carbonyl (C=O) groups excluding carboxylic acids is 1. The molecule has 0 spiro atoms. The Kier molecular flexibility index (Phi) is 6.08. The van der Waals surface area contributed by atoms with Gasteiger partial charge in [0.05, 0.1) is 24.2 Å². The highest BCUT2D eigenvalue weighted by atomic mass is 19.2. The highest BCUT2D eigenvalue weighted by molar-refractivity contribution is 6.46.